The van der Waals surface area contributed by atoms with Gasteiger partial charge in [0.2, 0.25) is 0 Å². The second-order valence-electron chi connectivity index (χ2n) is 3.80. The first-order valence-corrected chi connectivity index (χ1v) is 5.28. The molecule has 2 N–H and O–H groups in total. The van der Waals surface area contributed by atoms with Crippen LogP contribution in [0.2, 0.25) is 0 Å². The summed E-state index contributed by atoms with van der Waals surface area (Å²) in [6.07, 6.45) is -0.613. The summed E-state index contributed by atoms with van der Waals surface area (Å²) in [6.45, 7) is 1.85. The van der Waals surface area contributed by atoms with Crippen LogP contribution in [-0.2, 0) is 11.3 Å². The maximum Gasteiger partial charge on any atom is 0.251 e. The average molecular weight is 241 g/mol. The van der Waals surface area contributed by atoms with E-state index in [0.29, 0.717) is 11.1 Å². The first-order chi connectivity index (χ1) is 8.04. The van der Waals surface area contributed by atoms with E-state index in [4.69, 9.17) is 9.84 Å². The van der Waals surface area contributed by atoms with Crippen molar-refractivity contribution in [2.75, 3.05) is 13.7 Å². The van der Waals surface area contributed by atoms with E-state index in [9.17, 15) is 9.18 Å². The number of ether oxygens (including phenoxy) is 1. The van der Waals surface area contributed by atoms with Crippen LogP contribution in [-0.4, -0.2) is 30.8 Å². The van der Waals surface area contributed by atoms with E-state index < -0.39 is 11.9 Å². The lowest BCUT2D eigenvalue weighted by Crippen LogP contribution is -2.30. The van der Waals surface area contributed by atoms with Gasteiger partial charge in [0.1, 0.15) is 5.82 Å². The molecule has 5 heteroatoms. The molecule has 1 aromatic rings. The number of carbonyl (C=O) groups excluding carboxylic acids is 1. The van der Waals surface area contributed by atoms with Gasteiger partial charge >= 0.3 is 0 Å². The normalized spacial score (nSPS) is 12.2. The smallest absolute Gasteiger partial charge is 0.251 e. The molecule has 1 unspecified atom stereocenters. The van der Waals surface area contributed by atoms with Crippen molar-refractivity contribution in [1.29, 1.82) is 0 Å². The number of benzene rings is 1. The zero-order valence-electron chi connectivity index (χ0n) is 9.87. The van der Waals surface area contributed by atoms with Crippen LogP contribution in [0.25, 0.3) is 0 Å². The van der Waals surface area contributed by atoms with Crippen molar-refractivity contribution in [3.8, 4) is 0 Å². The Hall–Kier alpha value is -1.46. The maximum absolute atomic E-state index is 13.3. The largest absolute Gasteiger partial charge is 0.392 e. The molecule has 0 aliphatic carbocycles. The molecule has 0 spiro atoms. The molecule has 0 heterocycles. The van der Waals surface area contributed by atoms with Crippen molar-refractivity contribution in [2.24, 2.45) is 0 Å². The first-order valence-electron chi connectivity index (χ1n) is 5.28. The van der Waals surface area contributed by atoms with Crippen LogP contribution in [0.3, 0.4) is 0 Å². The Labute approximate surface area is 99.4 Å². The van der Waals surface area contributed by atoms with E-state index in [1.807, 2.05) is 0 Å². The van der Waals surface area contributed by atoms with Crippen molar-refractivity contribution >= 4 is 5.91 Å². The summed E-state index contributed by atoms with van der Waals surface area (Å²) in [5.41, 5.74) is 0.677. The van der Waals surface area contributed by atoms with Crippen molar-refractivity contribution in [3.63, 3.8) is 0 Å². The number of hydrogen-bond acceptors (Lipinski definition) is 3. The molecule has 17 heavy (non-hydrogen) atoms. The zero-order chi connectivity index (χ0) is 12.8. The van der Waals surface area contributed by atoms with Gasteiger partial charge in [0.15, 0.2) is 0 Å². The van der Waals surface area contributed by atoms with Crippen LogP contribution in [0.4, 0.5) is 4.39 Å². The highest BCUT2D eigenvalue weighted by Gasteiger charge is 2.10. The van der Waals surface area contributed by atoms with Crippen LogP contribution in [0.5, 0.6) is 0 Å². The number of aliphatic hydroxyl groups is 1. The highest BCUT2D eigenvalue weighted by Crippen LogP contribution is 2.11. The number of methoxy groups -OCH3 is 1. The molecule has 4 nitrogen and oxygen atoms in total. The fourth-order valence-corrected chi connectivity index (χ4v) is 1.32. The number of hydrogen-bond donors (Lipinski definition) is 2. The van der Waals surface area contributed by atoms with Gasteiger partial charge in [-0.2, -0.15) is 0 Å². The molecule has 0 saturated carbocycles. The maximum atomic E-state index is 13.3. The van der Waals surface area contributed by atoms with Crippen LogP contribution >= 0.6 is 0 Å². The van der Waals surface area contributed by atoms with Gasteiger partial charge in [-0.15, -0.1) is 0 Å². The Balaban J connectivity index is 2.76. The molecular weight excluding hydrogens is 225 g/mol. The standard InChI is InChI=1S/C12H16FNO3/c1-8(15)6-14-12(16)9-3-4-11(13)10(5-9)7-17-2/h3-5,8,15H,6-7H2,1-2H3,(H,14,16). The van der Waals surface area contributed by atoms with Crippen LogP contribution in [0.1, 0.15) is 22.8 Å². The number of rotatable bonds is 5. The molecule has 0 aliphatic heterocycles. The highest BCUT2D eigenvalue weighted by molar-refractivity contribution is 5.94. The summed E-state index contributed by atoms with van der Waals surface area (Å²) in [4.78, 5) is 11.6. The molecule has 0 aromatic heterocycles. The van der Waals surface area contributed by atoms with Gasteiger partial charge < -0.3 is 15.2 Å². The Bertz CT molecular complexity index is 393. The first kappa shape index (κ1) is 13.6. The lowest BCUT2D eigenvalue weighted by molar-refractivity contribution is 0.0923. The predicted octanol–water partition coefficient (Wildman–Crippen LogP) is 1.08. The Kier molecular flexibility index (Phi) is 5.06. The number of amides is 1. The van der Waals surface area contributed by atoms with Gasteiger partial charge in [0.05, 0.1) is 12.7 Å². The van der Waals surface area contributed by atoms with Crippen molar-refractivity contribution < 1.29 is 19.0 Å². The van der Waals surface area contributed by atoms with Gasteiger partial charge in [0.25, 0.3) is 5.91 Å². The van der Waals surface area contributed by atoms with E-state index in [1.165, 1.54) is 25.3 Å². The summed E-state index contributed by atoms with van der Waals surface area (Å²) in [5, 5.41) is 11.6. The van der Waals surface area contributed by atoms with Crippen molar-refractivity contribution in [3.05, 3.63) is 35.1 Å². The molecule has 0 aliphatic rings. The van der Waals surface area contributed by atoms with E-state index in [0.717, 1.165) is 0 Å². The minimum Gasteiger partial charge on any atom is -0.392 e. The summed E-state index contributed by atoms with van der Waals surface area (Å²) >= 11 is 0. The lowest BCUT2D eigenvalue weighted by Gasteiger charge is -2.08. The Morgan fingerprint density at radius 1 is 1.59 bits per heavy atom. The van der Waals surface area contributed by atoms with E-state index in [1.54, 1.807) is 6.92 Å². The molecule has 0 bridgehead atoms. The third-order valence-corrected chi connectivity index (χ3v) is 2.17. The van der Waals surface area contributed by atoms with Crippen LogP contribution in [0.15, 0.2) is 18.2 Å². The third kappa shape index (κ3) is 4.13. The highest BCUT2D eigenvalue weighted by atomic mass is 19.1. The minimum absolute atomic E-state index is 0.114. The number of nitrogens with one attached hydrogen (secondary N) is 1. The van der Waals surface area contributed by atoms with Gasteiger partial charge in [0, 0.05) is 24.8 Å². The van der Waals surface area contributed by atoms with Gasteiger partial charge in [-0.3, -0.25) is 4.79 Å². The fourth-order valence-electron chi connectivity index (χ4n) is 1.32. The molecular formula is C12H16FNO3. The SMILES string of the molecule is COCc1cc(C(=O)NCC(C)O)ccc1F. The molecule has 1 rings (SSSR count). The topological polar surface area (TPSA) is 58.6 Å². The van der Waals surface area contributed by atoms with Crippen LogP contribution in [0, 0.1) is 5.82 Å². The third-order valence-electron chi connectivity index (χ3n) is 2.17. The van der Waals surface area contributed by atoms with Gasteiger partial charge in [-0.1, -0.05) is 0 Å². The van der Waals surface area contributed by atoms with Crippen molar-refractivity contribution in [2.45, 2.75) is 19.6 Å². The van der Waals surface area contributed by atoms with Crippen molar-refractivity contribution in [1.82, 2.24) is 5.32 Å². The molecule has 1 amide bonds. The summed E-state index contributed by atoms with van der Waals surface area (Å²) in [5.74, 6) is -0.748. The molecule has 0 fully saturated rings. The van der Waals surface area contributed by atoms with Gasteiger partial charge in [-0.05, 0) is 25.1 Å². The Morgan fingerprint density at radius 2 is 2.29 bits per heavy atom. The van der Waals surface area contributed by atoms with E-state index in [-0.39, 0.29) is 19.1 Å². The minimum atomic E-state index is -0.613. The number of halogens is 1. The summed E-state index contributed by atoms with van der Waals surface area (Å²) in [6, 6.07) is 4.06. The Morgan fingerprint density at radius 3 is 2.88 bits per heavy atom. The van der Waals surface area contributed by atoms with E-state index >= 15 is 0 Å². The predicted molar refractivity (Wildman–Crippen MR) is 61.1 cm³/mol. The van der Waals surface area contributed by atoms with Gasteiger partial charge in [-0.25, -0.2) is 4.39 Å². The zero-order valence-corrected chi connectivity index (χ0v) is 9.87. The summed E-state index contributed by atoms with van der Waals surface area (Å²) in [7, 11) is 1.46. The fraction of sp³-hybridized carbons (Fsp3) is 0.417. The second kappa shape index (κ2) is 6.32. The average Bonchev–Trinajstić information content (AvgIpc) is 2.29. The number of aliphatic hydroxyl groups excluding tert-OH is 1. The second-order valence-corrected chi connectivity index (χ2v) is 3.80. The number of carbonyl (C=O) groups is 1. The molecule has 0 radical (unpaired) electrons. The van der Waals surface area contributed by atoms with E-state index in [2.05, 4.69) is 5.32 Å². The molecule has 0 saturated heterocycles. The lowest BCUT2D eigenvalue weighted by atomic mass is 10.1. The summed E-state index contributed by atoms with van der Waals surface area (Å²) < 4.78 is 18.1. The molecule has 94 valence electrons. The molecule has 1 atom stereocenters. The molecule has 1 aromatic carbocycles. The van der Waals surface area contributed by atoms with Crippen LogP contribution < -0.4 is 5.32 Å². The monoisotopic (exact) mass is 241 g/mol. The quantitative estimate of drug-likeness (QED) is 0.811.